The fraction of sp³-hybridized carbons (Fsp3) is 0.462. The Labute approximate surface area is 91.9 Å². The highest BCUT2D eigenvalue weighted by Crippen LogP contribution is 2.15. The summed E-state index contributed by atoms with van der Waals surface area (Å²) in [5.74, 6) is 0.654. The Bertz CT molecular complexity index is 339. The fourth-order valence-electron chi connectivity index (χ4n) is 1.61. The predicted octanol–water partition coefficient (Wildman–Crippen LogP) is 3.41. The molecule has 0 bridgehead atoms. The van der Waals surface area contributed by atoms with Gasteiger partial charge in [0.15, 0.2) is 0 Å². The fourth-order valence-corrected chi connectivity index (χ4v) is 1.61. The van der Waals surface area contributed by atoms with Gasteiger partial charge in [-0.15, -0.1) is 0 Å². The molecular weight excluding hydrogens is 184 g/mol. The number of nitriles is 1. The van der Waals surface area contributed by atoms with E-state index in [9.17, 15) is 0 Å². The van der Waals surface area contributed by atoms with Crippen LogP contribution in [0.4, 0.5) is 5.69 Å². The van der Waals surface area contributed by atoms with Crippen LogP contribution in [-0.2, 0) is 0 Å². The van der Waals surface area contributed by atoms with Crippen LogP contribution in [0.5, 0.6) is 0 Å². The molecule has 1 aromatic carbocycles. The highest BCUT2D eigenvalue weighted by molar-refractivity contribution is 5.57. The first-order valence-electron chi connectivity index (χ1n) is 5.51. The first-order chi connectivity index (χ1) is 7.27. The molecule has 0 saturated heterocycles. The molecule has 1 unspecified atom stereocenters. The van der Waals surface area contributed by atoms with E-state index in [2.05, 4.69) is 25.2 Å². The summed E-state index contributed by atoms with van der Waals surface area (Å²) in [5, 5.41) is 12.2. The monoisotopic (exact) mass is 202 g/mol. The molecule has 0 saturated carbocycles. The predicted molar refractivity (Wildman–Crippen MR) is 63.7 cm³/mol. The Kier molecular flexibility index (Phi) is 4.70. The summed E-state index contributed by atoms with van der Waals surface area (Å²) in [6.45, 7) is 5.36. The molecule has 80 valence electrons. The van der Waals surface area contributed by atoms with Crippen LogP contribution >= 0.6 is 0 Å². The lowest BCUT2D eigenvalue weighted by Crippen LogP contribution is -2.11. The molecule has 2 nitrogen and oxygen atoms in total. The molecule has 0 heterocycles. The van der Waals surface area contributed by atoms with E-state index in [1.165, 1.54) is 12.8 Å². The van der Waals surface area contributed by atoms with Crippen molar-refractivity contribution < 1.29 is 0 Å². The second kappa shape index (κ2) is 6.08. The van der Waals surface area contributed by atoms with Crippen LogP contribution in [0, 0.1) is 17.2 Å². The van der Waals surface area contributed by atoms with E-state index in [0.717, 1.165) is 17.8 Å². The molecule has 0 aromatic heterocycles. The molecule has 0 radical (unpaired) electrons. The largest absolute Gasteiger partial charge is 0.384 e. The van der Waals surface area contributed by atoms with Gasteiger partial charge in [0, 0.05) is 6.54 Å². The Morgan fingerprint density at radius 1 is 1.40 bits per heavy atom. The maximum atomic E-state index is 8.90. The van der Waals surface area contributed by atoms with Crippen molar-refractivity contribution in [1.29, 1.82) is 5.26 Å². The minimum absolute atomic E-state index is 0.654. The second-order valence-corrected chi connectivity index (χ2v) is 3.93. The summed E-state index contributed by atoms with van der Waals surface area (Å²) >= 11 is 0. The van der Waals surface area contributed by atoms with Crippen molar-refractivity contribution in [3.05, 3.63) is 29.8 Å². The lowest BCUT2D eigenvalue weighted by Gasteiger charge is -2.13. The molecule has 1 N–H and O–H groups in total. The topological polar surface area (TPSA) is 35.8 Å². The van der Waals surface area contributed by atoms with Crippen molar-refractivity contribution in [1.82, 2.24) is 0 Å². The summed E-state index contributed by atoms with van der Waals surface area (Å²) in [5.41, 5.74) is 1.67. The molecule has 0 aliphatic rings. The van der Waals surface area contributed by atoms with Gasteiger partial charge in [-0.1, -0.05) is 32.4 Å². The first-order valence-corrected chi connectivity index (χ1v) is 5.51. The lowest BCUT2D eigenvalue weighted by atomic mass is 10.1. The van der Waals surface area contributed by atoms with Gasteiger partial charge in [-0.25, -0.2) is 0 Å². The average molecular weight is 202 g/mol. The molecule has 15 heavy (non-hydrogen) atoms. The molecule has 1 rings (SSSR count). The van der Waals surface area contributed by atoms with E-state index >= 15 is 0 Å². The van der Waals surface area contributed by atoms with Crippen molar-refractivity contribution in [3.63, 3.8) is 0 Å². The van der Waals surface area contributed by atoms with E-state index in [4.69, 9.17) is 5.26 Å². The van der Waals surface area contributed by atoms with Crippen LogP contribution in [0.25, 0.3) is 0 Å². The second-order valence-electron chi connectivity index (χ2n) is 3.93. The number of nitrogens with one attached hydrogen (secondary N) is 1. The maximum Gasteiger partial charge on any atom is 0.101 e. The summed E-state index contributed by atoms with van der Waals surface area (Å²) < 4.78 is 0. The van der Waals surface area contributed by atoms with Crippen molar-refractivity contribution in [3.8, 4) is 6.07 Å². The molecule has 0 spiro atoms. The summed E-state index contributed by atoms with van der Waals surface area (Å²) in [6, 6.07) is 9.82. The molecular formula is C13H18N2. The third-order valence-electron chi connectivity index (χ3n) is 2.47. The van der Waals surface area contributed by atoms with Gasteiger partial charge in [-0.2, -0.15) is 5.26 Å². The minimum atomic E-state index is 0.654. The quantitative estimate of drug-likeness (QED) is 0.794. The van der Waals surface area contributed by atoms with Crippen LogP contribution in [0.3, 0.4) is 0 Å². The van der Waals surface area contributed by atoms with Gasteiger partial charge < -0.3 is 5.32 Å². The zero-order valence-electron chi connectivity index (χ0n) is 9.46. The van der Waals surface area contributed by atoms with Crippen molar-refractivity contribution in [2.24, 2.45) is 5.92 Å². The Morgan fingerprint density at radius 3 is 2.80 bits per heavy atom. The SMILES string of the molecule is CCCC(C)CNc1ccccc1C#N. The average Bonchev–Trinajstić information content (AvgIpc) is 2.27. The normalized spacial score (nSPS) is 11.8. The highest BCUT2D eigenvalue weighted by Gasteiger charge is 2.03. The van der Waals surface area contributed by atoms with Crippen molar-refractivity contribution in [2.75, 3.05) is 11.9 Å². The molecule has 0 aliphatic heterocycles. The van der Waals surface area contributed by atoms with Gasteiger partial charge in [0.2, 0.25) is 0 Å². The first kappa shape index (κ1) is 11.6. The van der Waals surface area contributed by atoms with E-state index in [1.54, 1.807) is 0 Å². The number of benzene rings is 1. The van der Waals surface area contributed by atoms with E-state index in [-0.39, 0.29) is 0 Å². The Hall–Kier alpha value is -1.49. The number of anilines is 1. The number of nitrogens with zero attached hydrogens (tertiary/aromatic N) is 1. The van der Waals surface area contributed by atoms with Gasteiger partial charge in [0.05, 0.1) is 11.3 Å². The number of para-hydroxylation sites is 1. The summed E-state index contributed by atoms with van der Waals surface area (Å²) in [4.78, 5) is 0. The van der Waals surface area contributed by atoms with Crippen LogP contribution < -0.4 is 5.32 Å². The van der Waals surface area contributed by atoms with Crippen LogP contribution in [-0.4, -0.2) is 6.54 Å². The molecule has 1 atom stereocenters. The number of rotatable bonds is 5. The van der Waals surface area contributed by atoms with Crippen molar-refractivity contribution >= 4 is 5.69 Å². The zero-order valence-corrected chi connectivity index (χ0v) is 9.46. The number of hydrogen-bond acceptors (Lipinski definition) is 2. The smallest absolute Gasteiger partial charge is 0.101 e. The Morgan fingerprint density at radius 2 is 2.13 bits per heavy atom. The van der Waals surface area contributed by atoms with E-state index in [1.807, 2.05) is 24.3 Å². The zero-order chi connectivity index (χ0) is 11.1. The van der Waals surface area contributed by atoms with Gasteiger partial charge in [0.25, 0.3) is 0 Å². The van der Waals surface area contributed by atoms with Crippen molar-refractivity contribution in [2.45, 2.75) is 26.7 Å². The summed E-state index contributed by atoms with van der Waals surface area (Å²) in [6.07, 6.45) is 2.43. The van der Waals surface area contributed by atoms with Gasteiger partial charge in [-0.3, -0.25) is 0 Å². The summed E-state index contributed by atoms with van der Waals surface area (Å²) in [7, 11) is 0. The van der Waals surface area contributed by atoms with E-state index in [0.29, 0.717) is 5.92 Å². The molecule has 0 amide bonds. The maximum absolute atomic E-state index is 8.90. The van der Waals surface area contributed by atoms with Gasteiger partial charge in [0.1, 0.15) is 6.07 Å². The third-order valence-corrected chi connectivity index (χ3v) is 2.47. The van der Waals surface area contributed by atoms with Crippen LogP contribution in [0.15, 0.2) is 24.3 Å². The Balaban J connectivity index is 2.54. The standard InChI is InChI=1S/C13H18N2/c1-3-6-11(2)10-15-13-8-5-4-7-12(13)9-14/h4-5,7-8,11,15H,3,6,10H2,1-2H3. The molecule has 0 fully saturated rings. The van der Waals surface area contributed by atoms with E-state index < -0.39 is 0 Å². The molecule has 1 aromatic rings. The number of hydrogen-bond donors (Lipinski definition) is 1. The van der Waals surface area contributed by atoms with Crippen LogP contribution in [0.1, 0.15) is 32.3 Å². The molecule has 2 heteroatoms. The molecule has 0 aliphatic carbocycles. The van der Waals surface area contributed by atoms with Crippen LogP contribution in [0.2, 0.25) is 0 Å². The third kappa shape index (κ3) is 3.63. The van der Waals surface area contributed by atoms with Gasteiger partial charge in [-0.05, 0) is 24.5 Å². The van der Waals surface area contributed by atoms with Gasteiger partial charge >= 0.3 is 0 Å². The minimum Gasteiger partial charge on any atom is -0.384 e. The highest BCUT2D eigenvalue weighted by atomic mass is 14.9. The lowest BCUT2D eigenvalue weighted by molar-refractivity contribution is 0.551.